The summed E-state index contributed by atoms with van der Waals surface area (Å²) in [6.07, 6.45) is 1.85. The van der Waals surface area contributed by atoms with E-state index < -0.39 is 77.2 Å². The summed E-state index contributed by atoms with van der Waals surface area (Å²) >= 11 is 0. The van der Waals surface area contributed by atoms with Crippen LogP contribution < -0.4 is 21.3 Å². The molecule has 0 saturated carbocycles. The molecule has 0 aromatic heterocycles. The van der Waals surface area contributed by atoms with E-state index in [0.29, 0.717) is 24.3 Å². The zero-order valence-corrected chi connectivity index (χ0v) is 33.5. The number of carbonyl (C=O) groups excluding carboxylic acids is 7. The number of likely N-dealkylation sites (tertiary alicyclic amines) is 1. The van der Waals surface area contributed by atoms with Gasteiger partial charge in [-0.3, -0.25) is 28.8 Å². The molecule has 0 aliphatic carbocycles. The quantitative estimate of drug-likeness (QED) is 0.186. The predicted octanol–water partition coefficient (Wildman–Crippen LogP) is 3.50. The van der Waals surface area contributed by atoms with Crippen LogP contribution in [0.1, 0.15) is 106 Å². The van der Waals surface area contributed by atoms with Gasteiger partial charge in [-0.25, -0.2) is 4.79 Å². The van der Waals surface area contributed by atoms with Crippen molar-refractivity contribution in [2.75, 3.05) is 27.2 Å². The van der Waals surface area contributed by atoms with Crippen molar-refractivity contribution < 1.29 is 38.3 Å². The molecular formula is C39H62N6O8. The number of rotatable bonds is 16. The molecule has 1 aliphatic heterocycles. The molecular weight excluding hydrogens is 680 g/mol. The summed E-state index contributed by atoms with van der Waals surface area (Å²) in [5.41, 5.74) is -0.981. The highest BCUT2D eigenvalue weighted by atomic mass is 16.6. The molecule has 296 valence electrons. The second kappa shape index (κ2) is 19.5. The zero-order valence-electron chi connectivity index (χ0n) is 33.5. The summed E-state index contributed by atoms with van der Waals surface area (Å²) in [5, 5.41) is 10.4. The highest BCUT2D eigenvalue weighted by Crippen LogP contribution is 2.32. The lowest BCUT2D eigenvalue weighted by atomic mass is 9.85. The number of nitrogens with zero attached hydrogens (tertiary/aromatic N) is 2. The maximum Gasteiger partial charge on any atom is 0.408 e. The van der Waals surface area contributed by atoms with Crippen molar-refractivity contribution in [2.45, 2.75) is 124 Å². The second-order valence-electron chi connectivity index (χ2n) is 16.6. The molecule has 5 atom stereocenters. The normalized spacial score (nSPS) is 17.6. The number of carbonyl (C=O) groups is 7. The van der Waals surface area contributed by atoms with Gasteiger partial charge in [0.15, 0.2) is 0 Å². The monoisotopic (exact) mass is 742 g/mol. The molecule has 0 radical (unpaired) electrons. The maximum atomic E-state index is 14.2. The van der Waals surface area contributed by atoms with E-state index >= 15 is 0 Å². The molecule has 0 bridgehead atoms. The van der Waals surface area contributed by atoms with Gasteiger partial charge in [-0.2, -0.15) is 0 Å². The third-order valence-corrected chi connectivity index (χ3v) is 8.87. The van der Waals surface area contributed by atoms with Crippen molar-refractivity contribution in [3.05, 3.63) is 35.9 Å². The van der Waals surface area contributed by atoms with E-state index in [1.807, 2.05) is 20.8 Å². The molecule has 1 aliphatic rings. The Bertz CT molecular complexity index is 1450. The lowest BCUT2D eigenvalue weighted by Crippen LogP contribution is -2.59. The number of alkyl carbamates (subject to hydrolysis) is 1. The van der Waals surface area contributed by atoms with E-state index in [0.717, 1.165) is 12.8 Å². The lowest BCUT2D eigenvalue weighted by molar-refractivity contribution is -0.144. The highest BCUT2D eigenvalue weighted by molar-refractivity contribution is 6.38. The van der Waals surface area contributed by atoms with Crippen LogP contribution >= 0.6 is 0 Å². The molecule has 0 spiro atoms. The summed E-state index contributed by atoms with van der Waals surface area (Å²) in [7, 11) is 3.12. The van der Waals surface area contributed by atoms with Crippen molar-refractivity contribution in [2.24, 2.45) is 17.3 Å². The third kappa shape index (κ3) is 14.1. The van der Waals surface area contributed by atoms with E-state index in [2.05, 4.69) is 35.1 Å². The van der Waals surface area contributed by atoms with E-state index in [9.17, 15) is 33.6 Å². The van der Waals surface area contributed by atoms with Gasteiger partial charge >= 0.3 is 6.09 Å². The van der Waals surface area contributed by atoms with Gasteiger partial charge in [0.2, 0.25) is 29.4 Å². The van der Waals surface area contributed by atoms with Gasteiger partial charge in [0.05, 0.1) is 12.6 Å². The fraction of sp³-hybridized carbons (Fsp3) is 0.667. The average molecular weight is 743 g/mol. The van der Waals surface area contributed by atoms with Crippen molar-refractivity contribution in [3.63, 3.8) is 0 Å². The minimum atomic E-state index is -1.21. The predicted molar refractivity (Wildman–Crippen MR) is 201 cm³/mol. The Morgan fingerprint density at radius 2 is 1.53 bits per heavy atom. The molecule has 1 saturated heterocycles. The Balaban J connectivity index is 2.23. The van der Waals surface area contributed by atoms with Gasteiger partial charge in [0.1, 0.15) is 23.7 Å². The molecule has 1 unspecified atom stereocenters. The van der Waals surface area contributed by atoms with Gasteiger partial charge < -0.3 is 35.8 Å². The Hall–Kier alpha value is -4.49. The van der Waals surface area contributed by atoms with Crippen LogP contribution in [0.5, 0.6) is 0 Å². The van der Waals surface area contributed by atoms with Gasteiger partial charge in [0, 0.05) is 20.6 Å². The number of benzene rings is 1. The van der Waals surface area contributed by atoms with Crippen molar-refractivity contribution >= 4 is 41.4 Å². The Morgan fingerprint density at radius 3 is 2.06 bits per heavy atom. The lowest BCUT2D eigenvalue weighted by Gasteiger charge is -2.36. The number of hydrogen-bond acceptors (Lipinski definition) is 8. The first kappa shape index (κ1) is 44.7. The number of amides is 6. The van der Waals surface area contributed by atoms with Crippen LogP contribution in [0.15, 0.2) is 30.3 Å². The first-order valence-corrected chi connectivity index (χ1v) is 18.5. The standard InChI is InChI=1S/C39H62N6O8/c1-12-16-27(31(47)34(49)40-22-29(46)42-30(35(50)44(10)11)26-17-14-13-15-18-26)41-33(48)28-21-25(20-19-24(2)3)23-45(28)36(51)32(38(4,5)6)43-37(52)53-39(7,8)9/h13-15,17-18,24-25,27-28,30,32H,12,16,19-23H2,1-11H3,(H,40,49)(H,41,48)(H,42,46)(H,43,52)/t25-,27-,28+,30?,32-/m1/s1. The summed E-state index contributed by atoms with van der Waals surface area (Å²) < 4.78 is 5.44. The first-order chi connectivity index (χ1) is 24.5. The fourth-order valence-electron chi connectivity index (χ4n) is 6.07. The summed E-state index contributed by atoms with van der Waals surface area (Å²) in [5.74, 6) is -3.69. The van der Waals surface area contributed by atoms with Gasteiger partial charge in [-0.15, -0.1) is 0 Å². The molecule has 14 heteroatoms. The molecule has 1 heterocycles. The molecule has 1 fully saturated rings. The van der Waals surface area contributed by atoms with Crippen LogP contribution in [-0.4, -0.2) is 102 Å². The SMILES string of the molecule is CCC[C@@H](NC(=O)[C@@H]1C[C@@H](CCC(C)C)CN1C(=O)[C@@H](NC(=O)OC(C)(C)C)C(C)(C)C)C(=O)C(=O)NCC(=O)NC(C(=O)N(C)C)c1ccccc1. The molecule has 1 aromatic rings. The highest BCUT2D eigenvalue weighted by Gasteiger charge is 2.46. The van der Waals surface area contributed by atoms with Gasteiger partial charge in [-0.1, -0.05) is 84.7 Å². The van der Waals surface area contributed by atoms with Gasteiger partial charge in [0.25, 0.3) is 5.91 Å². The van der Waals surface area contributed by atoms with Crippen LogP contribution in [0, 0.1) is 17.3 Å². The van der Waals surface area contributed by atoms with E-state index in [1.165, 1.54) is 9.80 Å². The summed E-state index contributed by atoms with van der Waals surface area (Å²) in [6, 6.07) is 4.45. The number of ketones is 1. The Morgan fingerprint density at radius 1 is 0.906 bits per heavy atom. The minimum Gasteiger partial charge on any atom is -0.444 e. The van der Waals surface area contributed by atoms with Gasteiger partial charge in [-0.05, 0) is 62.8 Å². The third-order valence-electron chi connectivity index (χ3n) is 8.87. The summed E-state index contributed by atoms with van der Waals surface area (Å²) in [6.45, 7) is 16.3. The Labute approximate surface area is 314 Å². The number of likely N-dealkylation sites (N-methyl/N-ethyl adjacent to an activating group) is 1. The zero-order chi connectivity index (χ0) is 40.3. The number of nitrogens with one attached hydrogen (secondary N) is 4. The van der Waals surface area contributed by atoms with Crippen LogP contribution in [0.4, 0.5) is 4.79 Å². The second-order valence-corrected chi connectivity index (χ2v) is 16.6. The van der Waals surface area contributed by atoms with Crippen LogP contribution in [0.3, 0.4) is 0 Å². The summed E-state index contributed by atoms with van der Waals surface area (Å²) in [4.78, 5) is 96.0. The fourth-order valence-corrected chi connectivity index (χ4v) is 6.07. The Kier molecular flexibility index (Phi) is 16.5. The molecule has 14 nitrogen and oxygen atoms in total. The smallest absolute Gasteiger partial charge is 0.408 e. The number of Topliss-reactive ketones (excluding diaryl/α,β-unsaturated/α-hetero) is 1. The molecule has 1 aromatic carbocycles. The van der Waals surface area contributed by atoms with Crippen LogP contribution in [0.25, 0.3) is 0 Å². The molecule has 2 rings (SSSR count). The topological polar surface area (TPSA) is 183 Å². The first-order valence-electron chi connectivity index (χ1n) is 18.5. The van der Waals surface area contributed by atoms with Crippen LogP contribution in [-0.2, 0) is 33.5 Å². The van der Waals surface area contributed by atoms with E-state index in [1.54, 1.807) is 72.1 Å². The molecule has 53 heavy (non-hydrogen) atoms. The van der Waals surface area contributed by atoms with Crippen LogP contribution in [0.2, 0.25) is 0 Å². The number of hydrogen-bond donors (Lipinski definition) is 4. The van der Waals surface area contributed by atoms with E-state index in [4.69, 9.17) is 4.74 Å². The number of ether oxygens (including phenoxy) is 1. The van der Waals surface area contributed by atoms with E-state index in [-0.39, 0.29) is 24.8 Å². The minimum absolute atomic E-state index is 0.000437. The van der Waals surface area contributed by atoms with Crippen molar-refractivity contribution in [1.29, 1.82) is 0 Å². The average Bonchev–Trinajstić information content (AvgIpc) is 3.50. The molecule has 6 amide bonds. The molecule has 4 N–H and O–H groups in total. The van der Waals surface area contributed by atoms with Crippen molar-refractivity contribution in [1.82, 2.24) is 31.1 Å². The largest absolute Gasteiger partial charge is 0.444 e. The van der Waals surface area contributed by atoms with Crippen molar-refractivity contribution in [3.8, 4) is 0 Å². The maximum absolute atomic E-state index is 14.2.